The van der Waals surface area contributed by atoms with Crippen molar-refractivity contribution in [1.82, 2.24) is 4.90 Å². The van der Waals surface area contributed by atoms with E-state index in [0.717, 1.165) is 42.7 Å². The number of hydrogen-bond acceptors (Lipinski definition) is 5. The van der Waals surface area contributed by atoms with Gasteiger partial charge in [-0.3, -0.25) is 4.79 Å². The van der Waals surface area contributed by atoms with Crippen molar-refractivity contribution >= 4 is 28.3 Å². The molecule has 0 saturated carbocycles. The van der Waals surface area contributed by atoms with Crippen LogP contribution in [0.5, 0.6) is 0 Å². The molecule has 1 aliphatic heterocycles. The molecule has 3 aromatic rings. The van der Waals surface area contributed by atoms with Crippen LogP contribution in [0.2, 0.25) is 0 Å². The highest BCUT2D eigenvalue weighted by atomic mass is 16.4. The Morgan fingerprint density at radius 3 is 2.55 bits per heavy atom. The molecule has 0 bridgehead atoms. The van der Waals surface area contributed by atoms with Crippen LogP contribution in [-0.2, 0) is 0 Å². The Hall–Kier alpha value is -3.28. The number of anilines is 2. The van der Waals surface area contributed by atoms with Crippen LogP contribution in [0.1, 0.15) is 55.7 Å². The van der Waals surface area contributed by atoms with Crippen LogP contribution in [0.4, 0.5) is 11.4 Å². The minimum atomic E-state index is -0.558. The van der Waals surface area contributed by atoms with Crippen molar-refractivity contribution in [3.05, 3.63) is 70.1 Å². The van der Waals surface area contributed by atoms with Crippen molar-refractivity contribution in [1.29, 1.82) is 0 Å². The molecule has 0 aliphatic carbocycles. The van der Waals surface area contributed by atoms with Gasteiger partial charge in [-0.25, -0.2) is 4.79 Å². The van der Waals surface area contributed by atoms with Crippen LogP contribution in [0, 0.1) is 0 Å². The second kappa shape index (κ2) is 8.84. The van der Waals surface area contributed by atoms with Gasteiger partial charge in [-0.1, -0.05) is 25.5 Å². The summed E-state index contributed by atoms with van der Waals surface area (Å²) in [5.41, 5.74) is 2.97. The summed E-state index contributed by atoms with van der Waals surface area (Å²) in [7, 11) is 0. The first-order valence-electron chi connectivity index (χ1n) is 11.1. The van der Waals surface area contributed by atoms with E-state index in [4.69, 9.17) is 4.42 Å². The minimum absolute atomic E-state index is 0.0656. The van der Waals surface area contributed by atoms with Crippen molar-refractivity contribution < 1.29 is 9.21 Å². The van der Waals surface area contributed by atoms with E-state index < -0.39 is 11.8 Å². The van der Waals surface area contributed by atoms with Crippen molar-refractivity contribution in [3.63, 3.8) is 0 Å². The first-order chi connectivity index (χ1) is 15.1. The zero-order valence-corrected chi connectivity index (χ0v) is 18.4. The average Bonchev–Trinajstić information content (AvgIpc) is 2.79. The minimum Gasteiger partial charge on any atom is -0.422 e. The summed E-state index contributed by atoms with van der Waals surface area (Å²) in [6, 6.07) is 15.2. The summed E-state index contributed by atoms with van der Waals surface area (Å²) in [6.07, 6.45) is 1.26. The Morgan fingerprint density at radius 1 is 1.03 bits per heavy atom. The number of carbonyl (C=O) groups excluding carboxylic acids is 1. The topological polar surface area (TPSA) is 65.8 Å². The third-order valence-corrected chi connectivity index (χ3v) is 5.94. The number of nitrogens with one attached hydrogen (secondary N) is 1. The predicted molar refractivity (Wildman–Crippen MR) is 125 cm³/mol. The molecule has 2 heterocycles. The van der Waals surface area contributed by atoms with E-state index in [1.807, 2.05) is 48.5 Å². The normalized spacial score (nSPS) is 15.6. The van der Waals surface area contributed by atoms with Crippen LogP contribution in [0.25, 0.3) is 11.0 Å². The largest absolute Gasteiger partial charge is 0.422 e. The maximum absolute atomic E-state index is 13.2. The maximum Gasteiger partial charge on any atom is 0.343 e. The zero-order chi connectivity index (χ0) is 22.0. The molecule has 0 saturated heterocycles. The van der Waals surface area contributed by atoms with Crippen LogP contribution in [-0.4, -0.2) is 30.4 Å². The second-order valence-corrected chi connectivity index (χ2v) is 7.83. The average molecular weight is 420 g/mol. The number of fused-ring (bicyclic) bond motifs is 2. The van der Waals surface area contributed by atoms with Crippen LogP contribution in [0.15, 0.2) is 57.7 Å². The molecule has 1 unspecified atom stereocenters. The number of rotatable bonds is 7. The molecule has 4 rings (SSSR count). The molecule has 1 atom stereocenters. The molecule has 31 heavy (non-hydrogen) atoms. The number of hydrogen-bond donors (Lipinski definition) is 1. The first kappa shape index (κ1) is 21.0. The highest BCUT2D eigenvalue weighted by molar-refractivity contribution is 6.01. The molecule has 6 nitrogen and oxygen atoms in total. The van der Waals surface area contributed by atoms with E-state index in [1.54, 1.807) is 4.90 Å². The predicted octanol–water partition coefficient (Wildman–Crippen LogP) is 5.01. The lowest BCUT2D eigenvalue weighted by molar-refractivity contribution is 0.0678. The summed E-state index contributed by atoms with van der Waals surface area (Å²) in [5, 5.41) is 4.23. The molecule has 162 valence electrons. The van der Waals surface area contributed by atoms with Crippen LogP contribution < -0.4 is 15.8 Å². The lowest BCUT2D eigenvalue weighted by atomic mass is 10.0. The van der Waals surface area contributed by atoms with E-state index in [9.17, 15) is 9.59 Å². The SMILES string of the molecule is CCCCN1C(=O)c2ccccc2NC1c1cc2ccc(N(CC)CC)cc2oc1=O. The van der Waals surface area contributed by atoms with Gasteiger partial charge in [0.25, 0.3) is 5.91 Å². The van der Waals surface area contributed by atoms with Gasteiger partial charge in [-0.2, -0.15) is 0 Å². The van der Waals surface area contributed by atoms with Gasteiger partial charge in [-0.05, 0) is 50.6 Å². The van der Waals surface area contributed by atoms with E-state index in [-0.39, 0.29) is 5.91 Å². The molecular formula is C25H29N3O3. The quantitative estimate of drug-likeness (QED) is 0.546. The van der Waals surface area contributed by atoms with E-state index in [0.29, 0.717) is 23.3 Å². The molecule has 1 aromatic heterocycles. The molecule has 1 aliphatic rings. The lowest BCUT2D eigenvalue weighted by Gasteiger charge is -2.37. The molecule has 0 fully saturated rings. The van der Waals surface area contributed by atoms with Gasteiger partial charge in [0.1, 0.15) is 11.7 Å². The molecule has 0 spiro atoms. The van der Waals surface area contributed by atoms with Gasteiger partial charge >= 0.3 is 5.63 Å². The zero-order valence-electron chi connectivity index (χ0n) is 18.4. The summed E-state index contributed by atoms with van der Waals surface area (Å²) in [4.78, 5) is 30.2. The van der Waals surface area contributed by atoms with Crippen molar-refractivity contribution in [2.75, 3.05) is 29.9 Å². The standard InChI is InChI=1S/C25H29N3O3/c1-4-7-14-28-23(26-21-11-9-8-10-19(21)24(28)29)20-15-17-12-13-18(27(5-2)6-3)16-22(17)31-25(20)30/h8-13,15-16,23,26H,4-7,14H2,1-3H3. The summed E-state index contributed by atoms with van der Waals surface area (Å²) in [6.45, 7) is 8.61. The lowest BCUT2D eigenvalue weighted by Crippen LogP contribution is -2.45. The number of nitrogens with zero attached hydrogens (tertiary/aromatic N) is 2. The highest BCUT2D eigenvalue weighted by Gasteiger charge is 2.34. The summed E-state index contributed by atoms with van der Waals surface area (Å²) in [5.74, 6) is -0.0656. The fourth-order valence-corrected chi connectivity index (χ4v) is 4.19. The van der Waals surface area contributed by atoms with Crippen molar-refractivity contribution in [3.8, 4) is 0 Å². The highest BCUT2D eigenvalue weighted by Crippen LogP contribution is 2.33. The number of unbranched alkanes of at least 4 members (excludes halogenated alkanes) is 1. The van der Waals surface area contributed by atoms with E-state index >= 15 is 0 Å². The fourth-order valence-electron chi connectivity index (χ4n) is 4.19. The van der Waals surface area contributed by atoms with Gasteiger partial charge in [0, 0.05) is 42.5 Å². The smallest absolute Gasteiger partial charge is 0.343 e. The summed E-state index contributed by atoms with van der Waals surface area (Å²) >= 11 is 0. The second-order valence-electron chi connectivity index (χ2n) is 7.83. The molecular weight excluding hydrogens is 390 g/mol. The van der Waals surface area contributed by atoms with Crippen LogP contribution in [0.3, 0.4) is 0 Å². The van der Waals surface area contributed by atoms with Gasteiger partial charge in [0.05, 0.1) is 11.1 Å². The van der Waals surface area contributed by atoms with Crippen molar-refractivity contribution in [2.24, 2.45) is 0 Å². The number of amides is 1. The monoisotopic (exact) mass is 419 g/mol. The van der Waals surface area contributed by atoms with E-state index in [1.165, 1.54) is 0 Å². The molecule has 1 N–H and O–H groups in total. The summed E-state index contributed by atoms with van der Waals surface area (Å²) < 4.78 is 5.74. The van der Waals surface area contributed by atoms with Gasteiger partial charge in [-0.15, -0.1) is 0 Å². The first-order valence-corrected chi connectivity index (χ1v) is 11.1. The number of para-hydroxylation sites is 1. The van der Waals surface area contributed by atoms with Crippen molar-refractivity contribution in [2.45, 2.75) is 39.8 Å². The number of carbonyl (C=O) groups is 1. The van der Waals surface area contributed by atoms with Crippen LogP contribution >= 0.6 is 0 Å². The maximum atomic E-state index is 13.2. The Labute approximate surface area is 182 Å². The molecule has 1 amide bonds. The Bertz CT molecular complexity index is 1150. The van der Waals surface area contributed by atoms with Gasteiger partial charge < -0.3 is 19.5 Å². The van der Waals surface area contributed by atoms with Gasteiger partial charge in [0.15, 0.2) is 0 Å². The Balaban J connectivity index is 1.78. The fraction of sp³-hybridized carbons (Fsp3) is 0.360. The Kier molecular flexibility index (Phi) is 5.98. The van der Waals surface area contributed by atoms with Gasteiger partial charge in [0.2, 0.25) is 0 Å². The molecule has 2 aromatic carbocycles. The third-order valence-electron chi connectivity index (χ3n) is 5.94. The molecule has 6 heteroatoms. The molecule has 0 radical (unpaired) electrons. The Morgan fingerprint density at radius 2 is 1.81 bits per heavy atom. The third kappa shape index (κ3) is 3.90. The van der Waals surface area contributed by atoms with E-state index in [2.05, 4.69) is 31.0 Å². The number of benzene rings is 2.